The third-order valence-electron chi connectivity index (χ3n) is 2.76. The molecule has 4 N–H and O–H groups in total. The number of nitriles is 1. The second-order valence-corrected chi connectivity index (χ2v) is 5.13. The number of carboxylic acid groups (broad SMARTS) is 1. The van der Waals surface area contributed by atoms with E-state index in [-0.39, 0.29) is 44.2 Å². The predicted octanol–water partition coefficient (Wildman–Crippen LogP) is -0.704. The smallest absolute Gasteiger partial charge is 0.326 e. The van der Waals surface area contributed by atoms with E-state index >= 15 is 0 Å². The van der Waals surface area contributed by atoms with Gasteiger partial charge >= 0.3 is 5.97 Å². The highest BCUT2D eigenvalue weighted by atomic mass is 16.4. The lowest BCUT2D eigenvalue weighted by atomic mass is 10.0. The maximum Gasteiger partial charge on any atom is 0.326 e. The van der Waals surface area contributed by atoms with Crippen LogP contribution in [-0.2, 0) is 9.59 Å². The molecule has 0 heterocycles. The maximum absolute atomic E-state index is 12.0. The van der Waals surface area contributed by atoms with Crippen molar-refractivity contribution in [2.24, 2.45) is 5.92 Å². The summed E-state index contributed by atoms with van der Waals surface area (Å²) in [6, 6.07) is 0.622. The molecule has 0 bridgehead atoms. The molecule has 0 saturated carbocycles. The number of hydrogen-bond acceptors (Lipinski definition) is 6. The molecular formula is C14H23N3O5. The number of carbonyl (C=O) groups is 2. The van der Waals surface area contributed by atoms with Crippen LogP contribution in [0, 0.1) is 17.2 Å². The molecule has 1 atom stereocenters. The summed E-state index contributed by atoms with van der Waals surface area (Å²) in [4.78, 5) is 24.5. The average Bonchev–Trinajstić information content (AvgIpc) is 2.43. The Morgan fingerprint density at radius 2 is 1.82 bits per heavy atom. The average molecular weight is 313 g/mol. The van der Waals surface area contributed by atoms with Crippen molar-refractivity contribution in [2.45, 2.75) is 26.3 Å². The molecule has 22 heavy (non-hydrogen) atoms. The van der Waals surface area contributed by atoms with E-state index in [4.69, 9.17) is 20.6 Å². The summed E-state index contributed by atoms with van der Waals surface area (Å²) in [5.74, 6) is -1.89. The van der Waals surface area contributed by atoms with Crippen molar-refractivity contribution in [1.82, 2.24) is 10.2 Å². The minimum atomic E-state index is -1.16. The Balaban J connectivity index is 5.02. The number of aliphatic hydroxyl groups excluding tert-OH is 2. The van der Waals surface area contributed by atoms with E-state index in [1.807, 2.05) is 13.8 Å². The normalized spacial score (nSPS) is 12.6. The Bertz CT molecular complexity index is 436. The summed E-state index contributed by atoms with van der Waals surface area (Å²) in [6.45, 7) is 3.53. The third-order valence-corrected chi connectivity index (χ3v) is 2.76. The molecule has 0 rings (SSSR count). The quantitative estimate of drug-likeness (QED) is 0.309. The van der Waals surface area contributed by atoms with Crippen LogP contribution in [0.1, 0.15) is 20.3 Å². The summed E-state index contributed by atoms with van der Waals surface area (Å²) in [5.41, 5.74) is -0.281. The number of amides is 1. The topological polar surface area (TPSA) is 134 Å². The van der Waals surface area contributed by atoms with Gasteiger partial charge in [0, 0.05) is 19.3 Å². The molecule has 0 aromatic heterocycles. The summed E-state index contributed by atoms with van der Waals surface area (Å²) in [5, 5.41) is 38.2. The Hall–Kier alpha value is -2.11. The molecule has 0 aromatic carbocycles. The lowest BCUT2D eigenvalue weighted by Crippen LogP contribution is -2.42. The molecule has 0 saturated heterocycles. The molecule has 0 spiro atoms. The molecule has 0 fully saturated rings. The Morgan fingerprint density at radius 1 is 1.27 bits per heavy atom. The molecule has 0 aliphatic heterocycles. The van der Waals surface area contributed by atoms with Crippen LogP contribution in [0.2, 0.25) is 0 Å². The number of nitrogens with one attached hydrogen (secondary N) is 1. The van der Waals surface area contributed by atoms with Gasteiger partial charge in [-0.25, -0.2) is 4.79 Å². The van der Waals surface area contributed by atoms with Crippen molar-refractivity contribution < 1.29 is 24.9 Å². The van der Waals surface area contributed by atoms with Crippen LogP contribution in [0.25, 0.3) is 0 Å². The van der Waals surface area contributed by atoms with Crippen LogP contribution in [0.3, 0.4) is 0 Å². The predicted molar refractivity (Wildman–Crippen MR) is 78.5 cm³/mol. The summed E-state index contributed by atoms with van der Waals surface area (Å²) in [6.07, 6.45) is 1.45. The van der Waals surface area contributed by atoms with E-state index in [0.29, 0.717) is 0 Å². The molecule has 0 aromatic rings. The first kappa shape index (κ1) is 19.9. The van der Waals surface area contributed by atoms with Gasteiger partial charge in [-0.15, -0.1) is 0 Å². The van der Waals surface area contributed by atoms with Crippen molar-refractivity contribution in [1.29, 1.82) is 5.26 Å². The van der Waals surface area contributed by atoms with Gasteiger partial charge < -0.3 is 25.5 Å². The van der Waals surface area contributed by atoms with Gasteiger partial charge in [0.1, 0.15) is 17.7 Å². The highest BCUT2D eigenvalue weighted by Gasteiger charge is 2.23. The highest BCUT2D eigenvalue weighted by molar-refractivity contribution is 5.99. The summed E-state index contributed by atoms with van der Waals surface area (Å²) in [7, 11) is 0. The second-order valence-electron chi connectivity index (χ2n) is 5.13. The van der Waals surface area contributed by atoms with Crippen LogP contribution in [0.15, 0.2) is 11.8 Å². The van der Waals surface area contributed by atoms with Crippen molar-refractivity contribution in [3.63, 3.8) is 0 Å². The molecule has 8 nitrogen and oxygen atoms in total. The van der Waals surface area contributed by atoms with E-state index in [2.05, 4.69) is 5.32 Å². The molecule has 0 aliphatic rings. The van der Waals surface area contributed by atoms with Crippen LogP contribution >= 0.6 is 0 Å². The van der Waals surface area contributed by atoms with Crippen molar-refractivity contribution in [3.05, 3.63) is 11.8 Å². The SMILES string of the molecule is CC(C)CC(NC(=O)/C(C#N)=C\N(CCO)CCO)C(=O)O. The number of carbonyl (C=O) groups excluding carboxylic acids is 1. The number of hydrogen-bond donors (Lipinski definition) is 4. The molecule has 1 unspecified atom stereocenters. The second kappa shape index (κ2) is 10.6. The van der Waals surface area contributed by atoms with Gasteiger partial charge in [0.2, 0.25) is 0 Å². The Labute approximate surface area is 129 Å². The number of aliphatic carboxylic acids is 1. The zero-order chi connectivity index (χ0) is 17.1. The van der Waals surface area contributed by atoms with Gasteiger partial charge in [-0.1, -0.05) is 13.8 Å². The number of rotatable bonds is 10. The van der Waals surface area contributed by atoms with Crippen LogP contribution < -0.4 is 5.32 Å². The third kappa shape index (κ3) is 7.61. The van der Waals surface area contributed by atoms with E-state index in [0.717, 1.165) is 0 Å². The van der Waals surface area contributed by atoms with Crippen LogP contribution in [-0.4, -0.2) is 64.4 Å². The lowest BCUT2D eigenvalue weighted by Gasteiger charge is -2.19. The first-order valence-electron chi connectivity index (χ1n) is 6.97. The molecular weight excluding hydrogens is 290 g/mol. The van der Waals surface area contributed by atoms with E-state index in [1.165, 1.54) is 11.1 Å². The zero-order valence-electron chi connectivity index (χ0n) is 12.8. The molecule has 0 radical (unpaired) electrons. The van der Waals surface area contributed by atoms with Gasteiger partial charge in [0.15, 0.2) is 0 Å². The van der Waals surface area contributed by atoms with E-state index in [1.54, 1.807) is 6.07 Å². The van der Waals surface area contributed by atoms with E-state index in [9.17, 15) is 9.59 Å². The monoisotopic (exact) mass is 313 g/mol. The molecule has 1 amide bonds. The molecule has 124 valence electrons. The standard InChI is InChI=1S/C14H23N3O5/c1-10(2)7-12(14(21)22)16-13(20)11(8-15)9-17(3-5-18)4-6-19/h9-10,12,18-19H,3-7H2,1-2H3,(H,16,20)(H,21,22)/b11-9-. The van der Waals surface area contributed by atoms with Gasteiger partial charge in [0.05, 0.1) is 13.2 Å². The number of aliphatic hydroxyl groups is 2. The van der Waals surface area contributed by atoms with Crippen molar-refractivity contribution in [2.75, 3.05) is 26.3 Å². The minimum Gasteiger partial charge on any atom is -0.480 e. The van der Waals surface area contributed by atoms with Gasteiger partial charge in [-0.3, -0.25) is 4.79 Å². The van der Waals surface area contributed by atoms with Crippen LogP contribution in [0.5, 0.6) is 0 Å². The minimum absolute atomic E-state index is 0.0659. The maximum atomic E-state index is 12.0. The summed E-state index contributed by atoms with van der Waals surface area (Å²) < 4.78 is 0. The van der Waals surface area contributed by atoms with Gasteiger partial charge in [0.25, 0.3) is 5.91 Å². The largest absolute Gasteiger partial charge is 0.480 e. The van der Waals surface area contributed by atoms with Crippen molar-refractivity contribution >= 4 is 11.9 Å². The lowest BCUT2D eigenvalue weighted by molar-refractivity contribution is -0.141. The molecule has 0 aliphatic carbocycles. The number of nitrogens with zero attached hydrogens (tertiary/aromatic N) is 2. The summed E-state index contributed by atoms with van der Waals surface area (Å²) >= 11 is 0. The van der Waals surface area contributed by atoms with E-state index < -0.39 is 17.9 Å². The first-order chi connectivity index (χ1) is 10.3. The fourth-order valence-corrected chi connectivity index (χ4v) is 1.75. The van der Waals surface area contributed by atoms with Gasteiger partial charge in [-0.2, -0.15) is 5.26 Å². The van der Waals surface area contributed by atoms with Gasteiger partial charge in [-0.05, 0) is 12.3 Å². The highest BCUT2D eigenvalue weighted by Crippen LogP contribution is 2.06. The molecule has 8 heteroatoms. The Morgan fingerprint density at radius 3 is 2.18 bits per heavy atom. The first-order valence-corrected chi connectivity index (χ1v) is 6.97. The van der Waals surface area contributed by atoms with Crippen molar-refractivity contribution in [3.8, 4) is 6.07 Å². The van der Waals surface area contributed by atoms with Crippen LogP contribution in [0.4, 0.5) is 0 Å². The fourth-order valence-electron chi connectivity index (χ4n) is 1.75. The fraction of sp³-hybridized carbons (Fsp3) is 0.643. The Kier molecular flexibility index (Phi) is 9.58. The number of carboxylic acids is 1. The zero-order valence-corrected chi connectivity index (χ0v) is 12.8.